The average Bonchev–Trinajstić information content (AvgIpc) is 2.78. The van der Waals surface area contributed by atoms with E-state index in [1.54, 1.807) is 12.0 Å². The summed E-state index contributed by atoms with van der Waals surface area (Å²) in [7, 11) is 1.59. The fourth-order valence-electron chi connectivity index (χ4n) is 2.43. The Morgan fingerprint density at radius 1 is 1.50 bits per heavy atom. The number of nitrogens with one attached hydrogen (secondary N) is 1. The maximum atomic E-state index is 13.9. The van der Waals surface area contributed by atoms with Gasteiger partial charge in [0.2, 0.25) is 5.91 Å². The molecule has 0 aliphatic carbocycles. The SMILES string of the molecule is COCCC(C)N1C(=O)CNC1c1ccc(F)cc1F. The van der Waals surface area contributed by atoms with Gasteiger partial charge in [-0.2, -0.15) is 0 Å². The van der Waals surface area contributed by atoms with Crippen LogP contribution >= 0.6 is 0 Å². The van der Waals surface area contributed by atoms with Gasteiger partial charge in [-0.15, -0.1) is 0 Å². The van der Waals surface area contributed by atoms with Crippen LogP contribution in [-0.4, -0.2) is 37.1 Å². The van der Waals surface area contributed by atoms with E-state index < -0.39 is 17.8 Å². The number of hydrogen-bond donors (Lipinski definition) is 1. The number of carbonyl (C=O) groups is 1. The average molecular weight is 284 g/mol. The lowest BCUT2D eigenvalue weighted by atomic mass is 10.1. The van der Waals surface area contributed by atoms with Crippen LogP contribution in [-0.2, 0) is 9.53 Å². The Morgan fingerprint density at radius 3 is 2.90 bits per heavy atom. The van der Waals surface area contributed by atoms with Crippen LogP contribution in [0, 0.1) is 11.6 Å². The van der Waals surface area contributed by atoms with Gasteiger partial charge in [-0.25, -0.2) is 8.78 Å². The van der Waals surface area contributed by atoms with E-state index in [2.05, 4.69) is 5.32 Å². The summed E-state index contributed by atoms with van der Waals surface area (Å²) in [4.78, 5) is 13.6. The number of carbonyl (C=O) groups excluding carboxylic acids is 1. The molecule has 1 fully saturated rings. The van der Waals surface area contributed by atoms with E-state index in [9.17, 15) is 13.6 Å². The van der Waals surface area contributed by atoms with Crippen LogP contribution < -0.4 is 5.32 Å². The minimum absolute atomic E-state index is 0.0908. The van der Waals surface area contributed by atoms with E-state index >= 15 is 0 Å². The van der Waals surface area contributed by atoms with Crippen LogP contribution in [0.3, 0.4) is 0 Å². The third kappa shape index (κ3) is 2.96. The third-order valence-corrected chi connectivity index (χ3v) is 3.48. The van der Waals surface area contributed by atoms with Gasteiger partial charge < -0.3 is 9.64 Å². The summed E-state index contributed by atoms with van der Waals surface area (Å²) in [5.41, 5.74) is 0.279. The molecule has 0 bridgehead atoms. The van der Waals surface area contributed by atoms with Gasteiger partial charge in [0, 0.05) is 31.4 Å². The predicted octanol–water partition coefficient (Wildman–Crippen LogP) is 1.82. The largest absolute Gasteiger partial charge is 0.385 e. The van der Waals surface area contributed by atoms with Crippen molar-refractivity contribution in [2.24, 2.45) is 0 Å². The first-order chi connectivity index (χ1) is 9.54. The Bertz CT molecular complexity index is 496. The van der Waals surface area contributed by atoms with Crippen LogP contribution in [0.2, 0.25) is 0 Å². The Kier molecular flexibility index (Phi) is 4.67. The molecule has 20 heavy (non-hydrogen) atoms. The lowest BCUT2D eigenvalue weighted by Gasteiger charge is -2.30. The molecule has 1 N–H and O–H groups in total. The Balaban J connectivity index is 2.23. The van der Waals surface area contributed by atoms with Gasteiger partial charge in [-0.05, 0) is 25.5 Å². The Hall–Kier alpha value is -1.53. The molecule has 0 saturated carbocycles. The molecule has 2 rings (SSSR count). The summed E-state index contributed by atoms with van der Waals surface area (Å²) in [6, 6.07) is 3.31. The highest BCUT2D eigenvalue weighted by atomic mass is 19.1. The van der Waals surface area contributed by atoms with E-state index in [1.165, 1.54) is 12.1 Å². The zero-order chi connectivity index (χ0) is 14.7. The highest BCUT2D eigenvalue weighted by Gasteiger charge is 2.36. The van der Waals surface area contributed by atoms with Crippen molar-refractivity contribution in [1.29, 1.82) is 0 Å². The van der Waals surface area contributed by atoms with Crippen LogP contribution in [0.25, 0.3) is 0 Å². The fraction of sp³-hybridized carbons (Fsp3) is 0.500. The predicted molar refractivity (Wildman–Crippen MR) is 69.9 cm³/mol. The first-order valence-corrected chi connectivity index (χ1v) is 6.53. The maximum Gasteiger partial charge on any atom is 0.238 e. The van der Waals surface area contributed by atoms with Crippen LogP contribution in [0.15, 0.2) is 18.2 Å². The lowest BCUT2D eigenvalue weighted by Crippen LogP contribution is -2.38. The molecule has 1 heterocycles. The molecular weight excluding hydrogens is 266 g/mol. The quantitative estimate of drug-likeness (QED) is 0.896. The summed E-state index contributed by atoms with van der Waals surface area (Å²) in [6.07, 6.45) is 0.0958. The van der Waals surface area contributed by atoms with Crippen LogP contribution in [0.4, 0.5) is 8.78 Å². The molecule has 1 amide bonds. The summed E-state index contributed by atoms with van der Waals surface area (Å²) in [6.45, 7) is 2.56. The molecule has 0 radical (unpaired) electrons. The topological polar surface area (TPSA) is 41.6 Å². The number of halogens is 2. The zero-order valence-electron chi connectivity index (χ0n) is 11.5. The number of rotatable bonds is 5. The molecule has 2 atom stereocenters. The Morgan fingerprint density at radius 2 is 2.25 bits per heavy atom. The van der Waals surface area contributed by atoms with Crippen molar-refractivity contribution < 1.29 is 18.3 Å². The second kappa shape index (κ2) is 6.28. The number of methoxy groups -OCH3 is 1. The Labute approximate surface area is 116 Å². The van der Waals surface area contributed by atoms with E-state index in [0.29, 0.717) is 13.0 Å². The number of benzene rings is 1. The van der Waals surface area contributed by atoms with Crippen molar-refractivity contribution in [3.05, 3.63) is 35.4 Å². The maximum absolute atomic E-state index is 13.9. The van der Waals surface area contributed by atoms with Crippen molar-refractivity contribution in [2.45, 2.75) is 25.6 Å². The standard InChI is InChI=1S/C14H18F2N2O2/c1-9(5-6-20-2)18-13(19)8-17-14(18)11-4-3-10(15)7-12(11)16/h3-4,7,9,14,17H,5-6,8H2,1-2H3. The molecule has 6 heteroatoms. The number of nitrogens with zero attached hydrogens (tertiary/aromatic N) is 1. The highest BCUT2D eigenvalue weighted by Crippen LogP contribution is 2.28. The molecule has 1 saturated heterocycles. The van der Waals surface area contributed by atoms with Gasteiger partial charge in [0.25, 0.3) is 0 Å². The molecule has 0 aromatic heterocycles. The van der Waals surface area contributed by atoms with Gasteiger partial charge in [0.15, 0.2) is 0 Å². The number of amides is 1. The second-order valence-electron chi connectivity index (χ2n) is 4.88. The highest BCUT2D eigenvalue weighted by molar-refractivity contribution is 5.81. The van der Waals surface area contributed by atoms with Crippen LogP contribution in [0.1, 0.15) is 25.1 Å². The number of hydrogen-bond acceptors (Lipinski definition) is 3. The first kappa shape index (κ1) is 14.9. The monoisotopic (exact) mass is 284 g/mol. The smallest absolute Gasteiger partial charge is 0.238 e. The number of ether oxygens (including phenoxy) is 1. The van der Waals surface area contributed by atoms with Crippen molar-refractivity contribution in [3.8, 4) is 0 Å². The van der Waals surface area contributed by atoms with E-state index in [4.69, 9.17) is 4.74 Å². The van der Waals surface area contributed by atoms with Gasteiger partial charge in [0.1, 0.15) is 17.8 Å². The van der Waals surface area contributed by atoms with E-state index in [1.807, 2.05) is 6.92 Å². The minimum atomic E-state index is -0.652. The third-order valence-electron chi connectivity index (χ3n) is 3.48. The second-order valence-corrected chi connectivity index (χ2v) is 4.88. The van der Waals surface area contributed by atoms with Crippen molar-refractivity contribution >= 4 is 5.91 Å². The van der Waals surface area contributed by atoms with Crippen molar-refractivity contribution in [3.63, 3.8) is 0 Å². The van der Waals surface area contributed by atoms with Gasteiger partial charge >= 0.3 is 0 Å². The van der Waals surface area contributed by atoms with Crippen LogP contribution in [0.5, 0.6) is 0 Å². The minimum Gasteiger partial charge on any atom is -0.385 e. The molecular formula is C14H18F2N2O2. The molecule has 110 valence electrons. The van der Waals surface area contributed by atoms with E-state index in [0.717, 1.165) is 6.07 Å². The van der Waals surface area contributed by atoms with Gasteiger partial charge in [-0.3, -0.25) is 10.1 Å². The normalized spacial score (nSPS) is 20.5. The zero-order valence-corrected chi connectivity index (χ0v) is 11.5. The molecule has 4 nitrogen and oxygen atoms in total. The van der Waals surface area contributed by atoms with Gasteiger partial charge in [-0.1, -0.05) is 0 Å². The molecule has 1 aliphatic heterocycles. The molecule has 1 aromatic carbocycles. The van der Waals surface area contributed by atoms with Crippen molar-refractivity contribution in [1.82, 2.24) is 10.2 Å². The molecule has 1 aromatic rings. The summed E-state index contributed by atoms with van der Waals surface area (Å²) >= 11 is 0. The first-order valence-electron chi connectivity index (χ1n) is 6.53. The fourth-order valence-corrected chi connectivity index (χ4v) is 2.43. The molecule has 0 spiro atoms. The summed E-state index contributed by atoms with van der Waals surface area (Å²) < 4.78 is 31.9. The lowest BCUT2D eigenvalue weighted by molar-refractivity contribution is -0.130. The molecule has 2 unspecified atom stereocenters. The summed E-state index contributed by atoms with van der Waals surface area (Å²) in [5, 5.41) is 2.96. The van der Waals surface area contributed by atoms with E-state index in [-0.39, 0.29) is 24.1 Å². The van der Waals surface area contributed by atoms with Crippen molar-refractivity contribution in [2.75, 3.05) is 20.3 Å². The summed E-state index contributed by atoms with van der Waals surface area (Å²) in [5.74, 6) is -1.38. The molecule has 1 aliphatic rings. The van der Waals surface area contributed by atoms with Gasteiger partial charge in [0.05, 0.1) is 6.54 Å².